The van der Waals surface area contributed by atoms with Crippen molar-refractivity contribution in [1.82, 2.24) is 9.78 Å². The van der Waals surface area contributed by atoms with E-state index in [1.54, 1.807) is 0 Å². The van der Waals surface area contributed by atoms with Crippen LogP contribution in [0.5, 0.6) is 0 Å². The van der Waals surface area contributed by atoms with Gasteiger partial charge in [0.1, 0.15) is 0 Å². The molecule has 0 aromatic carbocycles. The first-order valence-electron chi connectivity index (χ1n) is 5.62. The van der Waals surface area contributed by atoms with Crippen LogP contribution >= 0.6 is 0 Å². The van der Waals surface area contributed by atoms with E-state index in [-0.39, 0.29) is 0 Å². The molecular weight excluding hydrogens is 190 g/mol. The molecule has 1 N–H and O–H groups in total. The highest BCUT2D eigenvalue weighted by Gasteiger charge is 2.03. The van der Waals surface area contributed by atoms with Gasteiger partial charge in [-0.25, -0.2) is 0 Å². The van der Waals surface area contributed by atoms with Crippen molar-refractivity contribution in [3.8, 4) is 0 Å². The first-order chi connectivity index (χ1) is 7.27. The van der Waals surface area contributed by atoms with E-state index in [0.717, 1.165) is 44.0 Å². The summed E-state index contributed by atoms with van der Waals surface area (Å²) in [6.45, 7) is 6.70. The van der Waals surface area contributed by atoms with Gasteiger partial charge in [0.2, 0.25) is 0 Å². The van der Waals surface area contributed by atoms with Gasteiger partial charge in [-0.3, -0.25) is 4.68 Å². The SMILES string of the molecule is CCOCCCNc1cn(C)nc1CC. The lowest BCUT2D eigenvalue weighted by Crippen LogP contribution is -2.06. The molecule has 0 fully saturated rings. The summed E-state index contributed by atoms with van der Waals surface area (Å²) < 4.78 is 7.12. The van der Waals surface area contributed by atoms with Crippen molar-refractivity contribution in [3.63, 3.8) is 0 Å². The number of aryl methyl sites for hydroxylation is 2. The molecule has 0 aliphatic carbocycles. The van der Waals surface area contributed by atoms with Gasteiger partial charge in [0.05, 0.1) is 11.4 Å². The monoisotopic (exact) mass is 211 g/mol. The second-order valence-electron chi connectivity index (χ2n) is 3.49. The van der Waals surface area contributed by atoms with Crippen LogP contribution in [0.25, 0.3) is 0 Å². The molecular formula is C11H21N3O. The van der Waals surface area contributed by atoms with E-state index in [1.807, 2.05) is 24.9 Å². The highest BCUT2D eigenvalue weighted by atomic mass is 16.5. The Bertz CT molecular complexity index is 283. The molecule has 86 valence electrons. The Morgan fingerprint density at radius 1 is 1.47 bits per heavy atom. The summed E-state index contributed by atoms with van der Waals surface area (Å²) in [5.74, 6) is 0. The number of rotatable bonds is 7. The minimum Gasteiger partial charge on any atom is -0.382 e. The average Bonchev–Trinajstić information content (AvgIpc) is 2.59. The Morgan fingerprint density at radius 2 is 2.27 bits per heavy atom. The van der Waals surface area contributed by atoms with Gasteiger partial charge in [-0.2, -0.15) is 5.10 Å². The molecule has 0 saturated heterocycles. The molecule has 1 rings (SSSR count). The van der Waals surface area contributed by atoms with Gasteiger partial charge in [0.15, 0.2) is 0 Å². The van der Waals surface area contributed by atoms with Crippen LogP contribution in [-0.2, 0) is 18.2 Å². The first kappa shape index (κ1) is 12.0. The van der Waals surface area contributed by atoms with Gasteiger partial charge in [-0.15, -0.1) is 0 Å². The van der Waals surface area contributed by atoms with Crippen molar-refractivity contribution >= 4 is 5.69 Å². The number of anilines is 1. The molecule has 0 amide bonds. The Labute approximate surface area is 91.6 Å². The zero-order valence-corrected chi connectivity index (χ0v) is 9.92. The molecule has 1 heterocycles. The first-order valence-corrected chi connectivity index (χ1v) is 5.62. The van der Waals surface area contributed by atoms with Crippen LogP contribution in [-0.4, -0.2) is 29.5 Å². The lowest BCUT2D eigenvalue weighted by molar-refractivity contribution is 0.147. The summed E-state index contributed by atoms with van der Waals surface area (Å²) in [4.78, 5) is 0. The standard InChI is InChI=1S/C11H21N3O/c1-4-10-11(9-14(3)13-10)12-7-6-8-15-5-2/h9,12H,4-8H2,1-3H3. The predicted octanol–water partition coefficient (Wildman–Crippen LogP) is 1.82. The molecule has 4 heteroatoms. The number of hydrogen-bond donors (Lipinski definition) is 1. The Balaban J connectivity index is 2.30. The van der Waals surface area contributed by atoms with E-state index in [1.165, 1.54) is 0 Å². The minimum atomic E-state index is 0.799. The molecule has 1 aromatic rings. The average molecular weight is 211 g/mol. The van der Waals surface area contributed by atoms with Crippen molar-refractivity contribution in [3.05, 3.63) is 11.9 Å². The van der Waals surface area contributed by atoms with Crippen LogP contribution in [0.4, 0.5) is 5.69 Å². The summed E-state index contributed by atoms with van der Waals surface area (Å²) in [7, 11) is 1.95. The molecule has 0 atom stereocenters. The Morgan fingerprint density at radius 3 is 2.93 bits per heavy atom. The fraction of sp³-hybridized carbons (Fsp3) is 0.727. The van der Waals surface area contributed by atoms with Crippen LogP contribution in [0.3, 0.4) is 0 Å². The third-order valence-corrected chi connectivity index (χ3v) is 2.23. The van der Waals surface area contributed by atoms with E-state index >= 15 is 0 Å². The van der Waals surface area contributed by atoms with Gasteiger partial charge in [-0.1, -0.05) is 6.92 Å². The molecule has 0 unspecified atom stereocenters. The lowest BCUT2D eigenvalue weighted by Gasteiger charge is -2.05. The summed E-state index contributed by atoms with van der Waals surface area (Å²) >= 11 is 0. The second-order valence-corrected chi connectivity index (χ2v) is 3.49. The van der Waals surface area contributed by atoms with Gasteiger partial charge >= 0.3 is 0 Å². The highest BCUT2D eigenvalue weighted by molar-refractivity contribution is 5.46. The molecule has 1 aromatic heterocycles. The van der Waals surface area contributed by atoms with Crippen LogP contribution in [0.1, 0.15) is 26.0 Å². The minimum absolute atomic E-state index is 0.799. The maximum absolute atomic E-state index is 5.27. The van der Waals surface area contributed by atoms with Crippen molar-refractivity contribution in [1.29, 1.82) is 0 Å². The summed E-state index contributed by atoms with van der Waals surface area (Å²) in [5, 5.41) is 7.75. The third-order valence-electron chi connectivity index (χ3n) is 2.23. The molecule has 0 aliphatic rings. The number of ether oxygens (including phenoxy) is 1. The molecule has 0 bridgehead atoms. The van der Waals surface area contributed by atoms with Crippen molar-refractivity contribution in [2.24, 2.45) is 7.05 Å². The summed E-state index contributed by atoms with van der Waals surface area (Å²) in [6, 6.07) is 0. The second kappa shape index (κ2) is 6.45. The molecule has 0 saturated carbocycles. The number of hydrogen-bond acceptors (Lipinski definition) is 3. The highest BCUT2D eigenvalue weighted by Crippen LogP contribution is 2.13. The predicted molar refractivity (Wildman–Crippen MR) is 62.2 cm³/mol. The molecule has 4 nitrogen and oxygen atoms in total. The van der Waals surface area contributed by atoms with E-state index in [2.05, 4.69) is 17.3 Å². The van der Waals surface area contributed by atoms with Gasteiger partial charge in [0.25, 0.3) is 0 Å². The fourth-order valence-electron chi connectivity index (χ4n) is 1.48. The maximum atomic E-state index is 5.27. The number of aromatic nitrogens is 2. The van der Waals surface area contributed by atoms with Gasteiger partial charge < -0.3 is 10.1 Å². The van der Waals surface area contributed by atoms with Crippen molar-refractivity contribution in [2.45, 2.75) is 26.7 Å². The number of nitrogens with one attached hydrogen (secondary N) is 1. The molecule has 0 radical (unpaired) electrons. The van der Waals surface area contributed by atoms with E-state index in [9.17, 15) is 0 Å². The summed E-state index contributed by atoms with van der Waals surface area (Å²) in [6.07, 6.45) is 4.03. The van der Waals surface area contributed by atoms with E-state index in [4.69, 9.17) is 4.74 Å². The quantitative estimate of drug-likeness (QED) is 0.699. The zero-order chi connectivity index (χ0) is 11.1. The van der Waals surface area contributed by atoms with E-state index in [0.29, 0.717) is 0 Å². The van der Waals surface area contributed by atoms with Crippen molar-refractivity contribution < 1.29 is 4.74 Å². The lowest BCUT2D eigenvalue weighted by atomic mass is 10.3. The van der Waals surface area contributed by atoms with Crippen LogP contribution in [0.2, 0.25) is 0 Å². The number of nitrogens with zero attached hydrogens (tertiary/aromatic N) is 2. The third kappa shape index (κ3) is 3.91. The summed E-state index contributed by atoms with van der Waals surface area (Å²) in [5.41, 5.74) is 2.28. The molecule has 15 heavy (non-hydrogen) atoms. The van der Waals surface area contributed by atoms with Gasteiger partial charge in [0, 0.05) is 33.0 Å². The Hall–Kier alpha value is -1.03. The smallest absolute Gasteiger partial charge is 0.0853 e. The Kier molecular flexibility index (Phi) is 5.18. The van der Waals surface area contributed by atoms with E-state index < -0.39 is 0 Å². The van der Waals surface area contributed by atoms with Crippen LogP contribution < -0.4 is 5.32 Å². The largest absolute Gasteiger partial charge is 0.382 e. The molecule has 0 spiro atoms. The van der Waals surface area contributed by atoms with Crippen molar-refractivity contribution in [2.75, 3.05) is 25.1 Å². The fourth-order valence-corrected chi connectivity index (χ4v) is 1.48. The van der Waals surface area contributed by atoms with Gasteiger partial charge in [-0.05, 0) is 19.8 Å². The van der Waals surface area contributed by atoms with Crippen LogP contribution in [0.15, 0.2) is 6.20 Å². The zero-order valence-electron chi connectivity index (χ0n) is 9.92. The van der Waals surface area contributed by atoms with Crippen LogP contribution in [0, 0.1) is 0 Å². The maximum Gasteiger partial charge on any atom is 0.0853 e. The normalized spacial score (nSPS) is 10.6. The molecule has 0 aliphatic heterocycles. The topological polar surface area (TPSA) is 39.1 Å².